The molecule has 0 saturated carbocycles. The molecule has 0 aliphatic heterocycles. The van der Waals surface area contributed by atoms with Gasteiger partial charge >= 0.3 is 5.97 Å². The molecule has 2 rings (SSSR count). The standard InChI is InChI=1S/C8H8O2.C7H7Br.H2O/c1-6-2-4-7(5-3-6)8(9)10;1-6-2-4-7(8)5-3-6;/h2-5H,1H3,(H,9,10);2-5H,1H3;1H2. The van der Waals surface area contributed by atoms with E-state index in [1.165, 1.54) is 5.56 Å². The van der Waals surface area contributed by atoms with E-state index in [0.717, 1.165) is 10.0 Å². The van der Waals surface area contributed by atoms with Gasteiger partial charge in [0.1, 0.15) is 0 Å². The lowest BCUT2D eigenvalue weighted by Crippen LogP contribution is -1.94. The highest BCUT2D eigenvalue weighted by Crippen LogP contribution is 2.08. The Morgan fingerprint density at radius 2 is 1.26 bits per heavy atom. The number of hydrogen-bond acceptors (Lipinski definition) is 1. The van der Waals surface area contributed by atoms with Crippen LogP contribution < -0.4 is 0 Å². The Balaban J connectivity index is 0.000000331. The molecule has 102 valence electrons. The van der Waals surface area contributed by atoms with E-state index in [1.54, 1.807) is 24.3 Å². The number of aromatic carboxylic acids is 1. The molecule has 0 saturated heterocycles. The van der Waals surface area contributed by atoms with Crippen molar-refractivity contribution in [3.63, 3.8) is 0 Å². The van der Waals surface area contributed by atoms with Crippen molar-refractivity contribution in [3.8, 4) is 0 Å². The lowest BCUT2D eigenvalue weighted by atomic mass is 10.2. The van der Waals surface area contributed by atoms with E-state index in [0.29, 0.717) is 5.56 Å². The summed E-state index contributed by atoms with van der Waals surface area (Å²) < 4.78 is 1.14. The van der Waals surface area contributed by atoms with E-state index >= 15 is 0 Å². The Hall–Kier alpha value is -1.65. The molecule has 4 heteroatoms. The second kappa shape index (κ2) is 8.45. The van der Waals surface area contributed by atoms with Crippen LogP contribution in [0.15, 0.2) is 53.0 Å². The number of halogens is 1. The summed E-state index contributed by atoms with van der Waals surface area (Å²) in [5.41, 5.74) is 2.71. The van der Waals surface area contributed by atoms with Crippen molar-refractivity contribution in [1.82, 2.24) is 0 Å². The van der Waals surface area contributed by atoms with Gasteiger partial charge < -0.3 is 10.6 Å². The van der Waals surface area contributed by atoms with Crippen molar-refractivity contribution in [1.29, 1.82) is 0 Å². The van der Waals surface area contributed by atoms with Crippen molar-refractivity contribution in [2.45, 2.75) is 13.8 Å². The number of carbonyl (C=O) groups is 1. The van der Waals surface area contributed by atoms with E-state index in [9.17, 15) is 4.79 Å². The maximum atomic E-state index is 10.3. The summed E-state index contributed by atoms with van der Waals surface area (Å²) in [6.07, 6.45) is 0. The molecular weight excluding hydrogens is 308 g/mol. The SMILES string of the molecule is Cc1ccc(Br)cc1.Cc1ccc(C(=O)O)cc1.O. The smallest absolute Gasteiger partial charge is 0.335 e. The summed E-state index contributed by atoms with van der Waals surface area (Å²) in [6, 6.07) is 15.0. The third kappa shape index (κ3) is 6.74. The molecule has 0 unspecified atom stereocenters. The van der Waals surface area contributed by atoms with Gasteiger partial charge in [0, 0.05) is 4.47 Å². The van der Waals surface area contributed by atoms with Crippen LogP contribution >= 0.6 is 15.9 Å². The number of benzene rings is 2. The minimum Gasteiger partial charge on any atom is -0.478 e. The largest absolute Gasteiger partial charge is 0.478 e. The molecule has 0 bridgehead atoms. The first-order valence-electron chi connectivity index (χ1n) is 5.51. The Kier molecular flexibility index (Phi) is 7.72. The molecule has 0 atom stereocenters. The van der Waals surface area contributed by atoms with Crippen LogP contribution in [0, 0.1) is 13.8 Å². The molecule has 0 amide bonds. The van der Waals surface area contributed by atoms with Crippen LogP contribution in [0.25, 0.3) is 0 Å². The fraction of sp³-hybridized carbons (Fsp3) is 0.133. The molecule has 3 N–H and O–H groups in total. The van der Waals surface area contributed by atoms with Gasteiger partial charge in [0.15, 0.2) is 0 Å². The highest BCUT2D eigenvalue weighted by atomic mass is 79.9. The molecule has 19 heavy (non-hydrogen) atoms. The van der Waals surface area contributed by atoms with Gasteiger partial charge in [-0.15, -0.1) is 0 Å². The van der Waals surface area contributed by atoms with Gasteiger partial charge in [-0.25, -0.2) is 4.79 Å². The Labute approximate surface area is 121 Å². The summed E-state index contributed by atoms with van der Waals surface area (Å²) in [6.45, 7) is 4.00. The number of rotatable bonds is 1. The van der Waals surface area contributed by atoms with Crippen molar-refractivity contribution in [2.24, 2.45) is 0 Å². The molecule has 0 radical (unpaired) electrons. The number of aryl methyl sites for hydroxylation is 2. The summed E-state index contributed by atoms with van der Waals surface area (Å²) in [7, 11) is 0. The molecule has 0 aliphatic carbocycles. The minimum absolute atomic E-state index is 0. The minimum atomic E-state index is -0.875. The van der Waals surface area contributed by atoms with Crippen molar-refractivity contribution < 1.29 is 15.4 Å². The third-order valence-electron chi connectivity index (χ3n) is 2.31. The second-order valence-electron chi connectivity index (χ2n) is 3.97. The molecular formula is C15H17BrO3. The molecule has 0 fully saturated rings. The fourth-order valence-corrected chi connectivity index (χ4v) is 1.49. The lowest BCUT2D eigenvalue weighted by Gasteiger charge is -1.92. The van der Waals surface area contributed by atoms with E-state index in [4.69, 9.17) is 5.11 Å². The van der Waals surface area contributed by atoms with E-state index < -0.39 is 5.97 Å². The third-order valence-corrected chi connectivity index (χ3v) is 2.84. The van der Waals surface area contributed by atoms with Crippen LogP contribution in [0.3, 0.4) is 0 Å². The molecule has 2 aromatic rings. The molecule has 2 aromatic carbocycles. The summed E-state index contributed by atoms with van der Waals surface area (Å²) in [5, 5.41) is 8.48. The molecule has 0 spiro atoms. The zero-order valence-corrected chi connectivity index (χ0v) is 12.4. The average Bonchev–Trinajstić information content (AvgIpc) is 2.34. The normalized spacial score (nSPS) is 8.79. The van der Waals surface area contributed by atoms with Crippen LogP contribution in [0.1, 0.15) is 21.5 Å². The van der Waals surface area contributed by atoms with Gasteiger partial charge in [-0.1, -0.05) is 51.3 Å². The van der Waals surface area contributed by atoms with Gasteiger partial charge in [0.25, 0.3) is 0 Å². The Morgan fingerprint density at radius 3 is 1.58 bits per heavy atom. The van der Waals surface area contributed by atoms with Gasteiger partial charge in [-0.3, -0.25) is 0 Å². The second-order valence-corrected chi connectivity index (χ2v) is 4.88. The first-order chi connectivity index (χ1) is 8.49. The quantitative estimate of drug-likeness (QED) is 0.870. The molecule has 0 aromatic heterocycles. The topological polar surface area (TPSA) is 68.8 Å². The summed E-state index contributed by atoms with van der Waals surface area (Å²) in [4.78, 5) is 10.3. The number of carboxylic acids is 1. The summed E-state index contributed by atoms with van der Waals surface area (Å²) in [5.74, 6) is -0.875. The van der Waals surface area contributed by atoms with Gasteiger partial charge in [-0.05, 0) is 38.1 Å². The van der Waals surface area contributed by atoms with Crippen LogP contribution in [-0.2, 0) is 0 Å². The van der Waals surface area contributed by atoms with Gasteiger partial charge in [-0.2, -0.15) is 0 Å². The van der Waals surface area contributed by atoms with E-state index in [-0.39, 0.29) is 5.48 Å². The van der Waals surface area contributed by atoms with Gasteiger partial charge in [0.2, 0.25) is 0 Å². The Morgan fingerprint density at radius 1 is 0.895 bits per heavy atom. The number of hydrogen-bond donors (Lipinski definition) is 1. The summed E-state index contributed by atoms with van der Waals surface area (Å²) >= 11 is 3.35. The maximum absolute atomic E-state index is 10.3. The highest BCUT2D eigenvalue weighted by Gasteiger charge is 1.98. The monoisotopic (exact) mass is 324 g/mol. The Bertz CT molecular complexity index is 483. The molecule has 0 heterocycles. The van der Waals surface area contributed by atoms with Crippen molar-refractivity contribution in [3.05, 3.63) is 69.7 Å². The van der Waals surface area contributed by atoms with Crippen molar-refractivity contribution >= 4 is 21.9 Å². The van der Waals surface area contributed by atoms with Crippen LogP contribution in [-0.4, -0.2) is 16.6 Å². The predicted octanol–water partition coefficient (Wildman–Crippen LogP) is 3.63. The first kappa shape index (κ1) is 17.4. The van der Waals surface area contributed by atoms with E-state index in [2.05, 4.69) is 35.0 Å². The fourth-order valence-electron chi connectivity index (χ4n) is 1.23. The van der Waals surface area contributed by atoms with Crippen LogP contribution in [0.2, 0.25) is 0 Å². The average molecular weight is 325 g/mol. The molecule has 0 aliphatic rings. The zero-order chi connectivity index (χ0) is 13.5. The first-order valence-corrected chi connectivity index (χ1v) is 6.30. The van der Waals surface area contributed by atoms with Crippen LogP contribution in [0.5, 0.6) is 0 Å². The zero-order valence-electron chi connectivity index (χ0n) is 10.9. The molecule has 3 nitrogen and oxygen atoms in total. The predicted molar refractivity (Wildman–Crippen MR) is 80.6 cm³/mol. The van der Waals surface area contributed by atoms with Crippen molar-refractivity contribution in [2.75, 3.05) is 0 Å². The van der Waals surface area contributed by atoms with Gasteiger partial charge in [0.05, 0.1) is 5.56 Å². The van der Waals surface area contributed by atoms with E-state index in [1.807, 2.05) is 19.1 Å². The number of carboxylic acid groups (broad SMARTS) is 1. The van der Waals surface area contributed by atoms with Crippen LogP contribution in [0.4, 0.5) is 0 Å². The maximum Gasteiger partial charge on any atom is 0.335 e. The highest BCUT2D eigenvalue weighted by molar-refractivity contribution is 9.10. The lowest BCUT2D eigenvalue weighted by molar-refractivity contribution is 0.0697.